The maximum Gasteiger partial charge on any atom is 0.229 e. The number of anilines is 1. The van der Waals surface area contributed by atoms with Gasteiger partial charge in [0.25, 0.3) is 0 Å². The molecule has 2 aliphatic rings. The zero-order valence-electron chi connectivity index (χ0n) is 19.3. The third-order valence-corrected chi connectivity index (χ3v) is 7.25. The Labute approximate surface area is 198 Å². The lowest BCUT2D eigenvalue weighted by Crippen LogP contribution is -2.47. The van der Waals surface area contributed by atoms with Gasteiger partial charge in [-0.1, -0.05) is 30.8 Å². The molecule has 0 radical (unpaired) electrons. The first-order valence-corrected chi connectivity index (χ1v) is 11.7. The van der Waals surface area contributed by atoms with Gasteiger partial charge in [-0.25, -0.2) is 0 Å². The van der Waals surface area contributed by atoms with E-state index in [2.05, 4.69) is 42.2 Å². The minimum absolute atomic E-state index is 0.00914. The van der Waals surface area contributed by atoms with Gasteiger partial charge in [-0.05, 0) is 41.8 Å². The number of carbonyl (C=O) groups excluding carboxylic acids is 1. The molecule has 1 fully saturated rings. The van der Waals surface area contributed by atoms with Crippen LogP contribution in [0.1, 0.15) is 30.4 Å². The van der Waals surface area contributed by atoms with E-state index in [9.17, 15) is 10.1 Å². The van der Waals surface area contributed by atoms with Crippen molar-refractivity contribution in [2.75, 3.05) is 38.8 Å². The second kappa shape index (κ2) is 9.67. The van der Waals surface area contributed by atoms with Crippen LogP contribution >= 0.6 is 11.8 Å². The van der Waals surface area contributed by atoms with Gasteiger partial charge in [-0.2, -0.15) is 5.26 Å². The Bertz CT molecular complexity index is 1100. The molecule has 0 N–H and O–H groups in total. The lowest BCUT2D eigenvalue weighted by atomic mass is 9.86. The van der Waals surface area contributed by atoms with E-state index >= 15 is 0 Å². The van der Waals surface area contributed by atoms with Gasteiger partial charge in [0.2, 0.25) is 11.7 Å². The van der Waals surface area contributed by atoms with E-state index in [1.54, 1.807) is 26.2 Å². The molecule has 0 spiro atoms. The van der Waals surface area contributed by atoms with Crippen molar-refractivity contribution in [3.63, 3.8) is 0 Å². The molecule has 1 amide bonds. The molecule has 0 aromatic heterocycles. The Morgan fingerprint density at radius 3 is 2.30 bits per heavy atom. The number of allylic oxidation sites excluding steroid dienone is 1. The second-order valence-electron chi connectivity index (χ2n) is 7.84. The van der Waals surface area contributed by atoms with Gasteiger partial charge >= 0.3 is 0 Å². The first kappa shape index (κ1) is 22.9. The number of fused-ring (bicyclic) bond motifs is 1. The number of nitriles is 1. The first-order chi connectivity index (χ1) is 16.0. The zero-order chi connectivity index (χ0) is 23.5. The average Bonchev–Trinajstić information content (AvgIpc) is 2.87. The van der Waals surface area contributed by atoms with Gasteiger partial charge in [0.15, 0.2) is 11.5 Å². The SMILES string of the molecule is CCc1ccc(N2CSC3=C(C#N)[C@@H](c4cc(OC)c(OC)c(OC)c4)CC(=O)N3C2)cc1. The van der Waals surface area contributed by atoms with Crippen LogP contribution in [-0.4, -0.2) is 44.7 Å². The maximum atomic E-state index is 13.2. The molecule has 2 aromatic carbocycles. The minimum Gasteiger partial charge on any atom is -0.493 e. The Hall–Kier alpha value is -3.31. The van der Waals surface area contributed by atoms with Crippen LogP contribution in [-0.2, 0) is 11.2 Å². The Kier molecular flexibility index (Phi) is 6.70. The molecule has 2 heterocycles. The van der Waals surface area contributed by atoms with Crippen LogP contribution < -0.4 is 19.1 Å². The zero-order valence-corrected chi connectivity index (χ0v) is 20.1. The summed E-state index contributed by atoms with van der Waals surface area (Å²) in [5.74, 6) is 1.77. The molecule has 1 saturated heterocycles. The maximum absolute atomic E-state index is 13.2. The van der Waals surface area contributed by atoms with Crippen LogP contribution in [0.4, 0.5) is 5.69 Å². The molecule has 2 aromatic rings. The van der Waals surface area contributed by atoms with Gasteiger partial charge in [-0.3, -0.25) is 9.69 Å². The average molecular weight is 466 g/mol. The van der Waals surface area contributed by atoms with E-state index in [1.165, 1.54) is 17.3 Å². The molecule has 1 atom stereocenters. The van der Waals surface area contributed by atoms with Gasteiger partial charge in [0.1, 0.15) is 0 Å². The second-order valence-corrected chi connectivity index (χ2v) is 8.78. The van der Waals surface area contributed by atoms with Crippen molar-refractivity contribution < 1.29 is 19.0 Å². The van der Waals surface area contributed by atoms with Crippen LogP contribution in [0.3, 0.4) is 0 Å². The summed E-state index contributed by atoms with van der Waals surface area (Å²) in [6.45, 7) is 2.56. The van der Waals surface area contributed by atoms with Crippen LogP contribution in [0.15, 0.2) is 47.0 Å². The molecule has 0 aliphatic carbocycles. The summed E-state index contributed by atoms with van der Waals surface area (Å²) in [6, 6.07) is 14.4. The van der Waals surface area contributed by atoms with Crippen LogP contribution in [0.25, 0.3) is 0 Å². The molecular formula is C25H27N3O4S. The highest BCUT2D eigenvalue weighted by molar-refractivity contribution is 8.03. The fourth-order valence-electron chi connectivity index (χ4n) is 4.26. The lowest BCUT2D eigenvalue weighted by molar-refractivity contribution is -0.129. The third-order valence-electron chi connectivity index (χ3n) is 6.09. The molecular weight excluding hydrogens is 438 g/mol. The van der Waals surface area contributed by atoms with Crippen molar-refractivity contribution >= 4 is 23.4 Å². The van der Waals surface area contributed by atoms with E-state index in [1.807, 2.05) is 12.1 Å². The highest BCUT2D eigenvalue weighted by Gasteiger charge is 2.39. The van der Waals surface area contributed by atoms with Crippen molar-refractivity contribution in [3.8, 4) is 23.3 Å². The van der Waals surface area contributed by atoms with E-state index in [0.717, 1.165) is 22.7 Å². The van der Waals surface area contributed by atoms with Crippen molar-refractivity contribution in [3.05, 3.63) is 58.1 Å². The third kappa shape index (κ3) is 4.21. The van der Waals surface area contributed by atoms with E-state index in [4.69, 9.17) is 14.2 Å². The Morgan fingerprint density at radius 2 is 1.76 bits per heavy atom. The number of carbonyl (C=O) groups is 1. The number of aryl methyl sites for hydroxylation is 1. The number of hydrogen-bond donors (Lipinski definition) is 0. The molecule has 172 valence electrons. The summed E-state index contributed by atoms with van der Waals surface area (Å²) in [7, 11) is 4.65. The summed E-state index contributed by atoms with van der Waals surface area (Å²) in [5.41, 5.74) is 3.73. The fraction of sp³-hybridized carbons (Fsp3) is 0.360. The highest BCUT2D eigenvalue weighted by atomic mass is 32.2. The number of ether oxygens (including phenoxy) is 3. The summed E-state index contributed by atoms with van der Waals surface area (Å²) in [6.07, 6.45) is 1.19. The van der Waals surface area contributed by atoms with Crippen molar-refractivity contribution in [1.82, 2.24) is 4.90 Å². The molecule has 8 heteroatoms. The largest absolute Gasteiger partial charge is 0.493 e. The number of thioether (sulfide) groups is 1. The number of rotatable bonds is 6. The molecule has 0 saturated carbocycles. The summed E-state index contributed by atoms with van der Waals surface area (Å²) in [5, 5.41) is 10.8. The lowest BCUT2D eigenvalue weighted by Gasteiger charge is -2.42. The number of hydrogen-bond acceptors (Lipinski definition) is 7. The predicted octanol–water partition coefficient (Wildman–Crippen LogP) is 4.49. The summed E-state index contributed by atoms with van der Waals surface area (Å²) in [4.78, 5) is 17.1. The predicted molar refractivity (Wildman–Crippen MR) is 129 cm³/mol. The molecule has 2 aliphatic heterocycles. The van der Waals surface area contributed by atoms with Gasteiger partial charge in [0.05, 0.1) is 50.5 Å². The summed E-state index contributed by atoms with van der Waals surface area (Å²) < 4.78 is 16.4. The van der Waals surface area contributed by atoms with E-state index < -0.39 is 0 Å². The van der Waals surface area contributed by atoms with Crippen molar-refractivity contribution in [1.29, 1.82) is 5.26 Å². The fourth-order valence-corrected chi connectivity index (χ4v) is 5.42. The number of methoxy groups -OCH3 is 3. The standard InChI is InChI=1S/C25H27N3O4S/c1-5-16-6-8-18(9-7-16)27-14-28-23(29)12-19(20(13-26)25(28)33-15-27)17-10-21(30-2)24(32-4)22(11-17)31-3/h6-11,19H,5,12,14-15H2,1-4H3/t19-/m1/s1. The van der Waals surface area contributed by atoms with Gasteiger partial charge in [-0.15, -0.1) is 0 Å². The first-order valence-electron chi connectivity index (χ1n) is 10.8. The van der Waals surface area contributed by atoms with Crippen LogP contribution in [0.5, 0.6) is 17.2 Å². The highest BCUT2D eigenvalue weighted by Crippen LogP contribution is 2.47. The topological polar surface area (TPSA) is 75.0 Å². The molecule has 4 rings (SSSR count). The van der Waals surface area contributed by atoms with Crippen LogP contribution in [0, 0.1) is 11.3 Å². The Morgan fingerprint density at radius 1 is 1.09 bits per heavy atom. The minimum atomic E-state index is -0.370. The monoisotopic (exact) mass is 465 g/mol. The van der Waals surface area contributed by atoms with Gasteiger partial charge in [0, 0.05) is 18.0 Å². The van der Waals surface area contributed by atoms with E-state index in [-0.39, 0.29) is 18.2 Å². The molecule has 7 nitrogen and oxygen atoms in total. The van der Waals surface area contributed by atoms with Crippen LogP contribution in [0.2, 0.25) is 0 Å². The van der Waals surface area contributed by atoms with E-state index in [0.29, 0.717) is 35.4 Å². The molecule has 0 bridgehead atoms. The number of amides is 1. The number of benzene rings is 2. The van der Waals surface area contributed by atoms with Gasteiger partial charge < -0.3 is 19.1 Å². The van der Waals surface area contributed by atoms with Crippen molar-refractivity contribution in [2.45, 2.75) is 25.7 Å². The molecule has 0 unspecified atom stereocenters. The summed E-state index contributed by atoms with van der Waals surface area (Å²) >= 11 is 1.52. The van der Waals surface area contributed by atoms with Crippen molar-refractivity contribution in [2.24, 2.45) is 0 Å². The normalized spacial score (nSPS) is 18.0. The number of nitrogens with zero attached hydrogens (tertiary/aromatic N) is 3. The smallest absolute Gasteiger partial charge is 0.229 e. The Balaban J connectivity index is 1.68. The molecule has 33 heavy (non-hydrogen) atoms. The quantitative estimate of drug-likeness (QED) is 0.622.